The second-order valence-electron chi connectivity index (χ2n) is 2.03. The molecule has 1 radical (unpaired) electrons. The highest BCUT2D eigenvalue weighted by atomic mass is 16.5. The van der Waals surface area contributed by atoms with Crippen LogP contribution in [0.1, 0.15) is 0 Å². The fourth-order valence-electron chi connectivity index (χ4n) is 0.809. The molecule has 1 rings (SSSR count). The van der Waals surface area contributed by atoms with Gasteiger partial charge in [-0.15, -0.1) is 0 Å². The molecule has 1 aromatic rings. The third-order valence-corrected chi connectivity index (χ3v) is 1.31. The molecule has 0 atom stereocenters. The largest absolute Gasteiger partial charge is 0.497 e. The molecule has 0 aliphatic heterocycles. The maximum absolute atomic E-state index is 5.16. The normalized spacial score (nSPS) is 9.27. The molecule has 0 spiro atoms. The Labute approximate surface area is 66.8 Å². The molecule has 0 saturated carbocycles. The summed E-state index contributed by atoms with van der Waals surface area (Å²) in [4.78, 5) is 0. The maximum Gasteiger partial charge on any atom is 0.122 e. The van der Waals surface area contributed by atoms with Gasteiger partial charge in [-0.3, -0.25) is 0 Å². The zero-order chi connectivity index (χ0) is 8.10. The molecule has 0 aromatic heterocycles. The topological polar surface area (TPSA) is 18.5 Å². The van der Waals surface area contributed by atoms with E-state index in [1.54, 1.807) is 7.11 Å². The summed E-state index contributed by atoms with van der Waals surface area (Å²) in [5.41, 5.74) is 0. The van der Waals surface area contributed by atoms with Crippen LogP contribution in [-0.2, 0) is 0 Å². The first-order chi connectivity index (χ1) is 5.36. The lowest BCUT2D eigenvalue weighted by Gasteiger charge is -2.03. The van der Waals surface area contributed by atoms with Crippen molar-refractivity contribution in [2.75, 3.05) is 13.7 Å². The van der Waals surface area contributed by atoms with E-state index in [1.807, 2.05) is 24.3 Å². The maximum atomic E-state index is 5.16. The number of hydrogen-bond acceptors (Lipinski definition) is 2. The minimum Gasteiger partial charge on any atom is -0.497 e. The van der Waals surface area contributed by atoms with Gasteiger partial charge in [0.05, 0.1) is 13.7 Å². The van der Waals surface area contributed by atoms with Crippen molar-refractivity contribution < 1.29 is 9.47 Å². The molecule has 0 aliphatic carbocycles. The Kier molecular flexibility index (Phi) is 2.78. The van der Waals surface area contributed by atoms with Gasteiger partial charge in [0.15, 0.2) is 0 Å². The van der Waals surface area contributed by atoms with Gasteiger partial charge in [-0.25, -0.2) is 0 Å². The number of methoxy groups -OCH3 is 1. The van der Waals surface area contributed by atoms with Crippen molar-refractivity contribution >= 4 is 0 Å². The number of rotatable bonds is 3. The molecule has 0 heterocycles. The summed E-state index contributed by atoms with van der Waals surface area (Å²) in [5.74, 6) is 1.59. The average molecular weight is 151 g/mol. The smallest absolute Gasteiger partial charge is 0.122 e. The molecule has 0 saturated heterocycles. The molecular formula is C9H11O2. The third-order valence-electron chi connectivity index (χ3n) is 1.31. The lowest BCUT2D eigenvalue weighted by molar-refractivity contribution is 0.355. The SMILES string of the molecule is [CH2]COc1cccc(OC)c1. The first-order valence-electron chi connectivity index (χ1n) is 3.43. The highest BCUT2D eigenvalue weighted by Gasteiger charge is 1.93. The van der Waals surface area contributed by atoms with Gasteiger partial charge in [0, 0.05) is 6.07 Å². The highest BCUT2D eigenvalue weighted by Crippen LogP contribution is 2.18. The van der Waals surface area contributed by atoms with Gasteiger partial charge in [-0.1, -0.05) is 6.07 Å². The van der Waals surface area contributed by atoms with E-state index in [1.165, 1.54) is 0 Å². The quantitative estimate of drug-likeness (QED) is 0.657. The van der Waals surface area contributed by atoms with Crippen molar-refractivity contribution in [3.8, 4) is 11.5 Å². The Morgan fingerprint density at radius 3 is 2.73 bits per heavy atom. The van der Waals surface area contributed by atoms with E-state index in [0.29, 0.717) is 6.61 Å². The Morgan fingerprint density at radius 2 is 2.09 bits per heavy atom. The summed E-state index contributed by atoms with van der Waals surface area (Å²) >= 11 is 0. The molecule has 11 heavy (non-hydrogen) atoms. The summed E-state index contributed by atoms with van der Waals surface area (Å²) in [6.45, 7) is 4.01. The van der Waals surface area contributed by atoms with Gasteiger partial charge in [-0.05, 0) is 19.1 Å². The molecule has 0 unspecified atom stereocenters. The van der Waals surface area contributed by atoms with Gasteiger partial charge in [0.2, 0.25) is 0 Å². The molecular weight excluding hydrogens is 140 g/mol. The molecule has 0 fully saturated rings. The fraction of sp³-hybridized carbons (Fsp3) is 0.222. The summed E-state index contributed by atoms with van der Waals surface area (Å²) in [5, 5.41) is 0. The second-order valence-corrected chi connectivity index (χ2v) is 2.03. The van der Waals surface area contributed by atoms with Crippen LogP contribution in [0.4, 0.5) is 0 Å². The molecule has 0 aliphatic rings. The molecule has 0 N–H and O–H groups in total. The van der Waals surface area contributed by atoms with Crippen molar-refractivity contribution in [2.45, 2.75) is 0 Å². The Hall–Kier alpha value is -1.18. The van der Waals surface area contributed by atoms with Crippen molar-refractivity contribution in [3.63, 3.8) is 0 Å². The van der Waals surface area contributed by atoms with E-state index in [0.717, 1.165) is 11.5 Å². The molecule has 0 bridgehead atoms. The molecule has 0 amide bonds. The summed E-state index contributed by atoms with van der Waals surface area (Å²) in [6, 6.07) is 7.44. The number of ether oxygens (including phenoxy) is 2. The van der Waals surface area contributed by atoms with Gasteiger partial charge < -0.3 is 9.47 Å². The van der Waals surface area contributed by atoms with E-state index < -0.39 is 0 Å². The van der Waals surface area contributed by atoms with Crippen LogP contribution in [0.3, 0.4) is 0 Å². The van der Waals surface area contributed by atoms with Crippen molar-refractivity contribution in [1.82, 2.24) is 0 Å². The minimum absolute atomic E-state index is 0.438. The summed E-state index contributed by atoms with van der Waals surface area (Å²) in [6.07, 6.45) is 0. The van der Waals surface area contributed by atoms with Crippen LogP contribution in [0.25, 0.3) is 0 Å². The fourth-order valence-corrected chi connectivity index (χ4v) is 0.809. The first-order valence-corrected chi connectivity index (χ1v) is 3.43. The summed E-state index contributed by atoms with van der Waals surface area (Å²) < 4.78 is 10.2. The predicted octanol–water partition coefficient (Wildman–Crippen LogP) is 1.91. The standard InChI is InChI=1S/C9H11O2/c1-3-11-9-6-4-5-8(7-9)10-2/h4-7H,1,3H2,2H3. The Morgan fingerprint density at radius 1 is 1.36 bits per heavy atom. The number of hydrogen-bond donors (Lipinski definition) is 0. The Bertz CT molecular complexity index is 221. The van der Waals surface area contributed by atoms with E-state index in [4.69, 9.17) is 9.47 Å². The third kappa shape index (κ3) is 2.15. The predicted molar refractivity (Wildman–Crippen MR) is 43.8 cm³/mol. The summed E-state index contributed by atoms with van der Waals surface area (Å²) in [7, 11) is 1.63. The van der Waals surface area contributed by atoms with Crippen LogP contribution >= 0.6 is 0 Å². The number of benzene rings is 1. The lowest BCUT2D eigenvalue weighted by atomic mass is 10.3. The lowest BCUT2D eigenvalue weighted by Crippen LogP contribution is -1.91. The van der Waals surface area contributed by atoms with Crippen LogP contribution in [0.5, 0.6) is 11.5 Å². The van der Waals surface area contributed by atoms with E-state index in [-0.39, 0.29) is 0 Å². The molecule has 59 valence electrons. The van der Waals surface area contributed by atoms with Gasteiger partial charge in [0.25, 0.3) is 0 Å². The average Bonchev–Trinajstić information content (AvgIpc) is 2.06. The zero-order valence-corrected chi connectivity index (χ0v) is 6.54. The monoisotopic (exact) mass is 151 g/mol. The second kappa shape index (κ2) is 3.86. The van der Waals surface area contributed by atoms with E-state index in [9.17, 15) is 0 Å². The molecule has 2 nitrogen and oxygen atoms in total. The van der Waals surface area contributed by atoms with Crippen molar-refractivity contribution in [2.24, 2.45) is 0 Å². The van der Waals surface area contributed by atoms with Gasteiger partial charge in [0.1, 0.15) is 11.5 Å². The molecule has 2 heteroatoms. The van der Waals surface area contributed by atoms with Gasteiger partial charge in [-0.2, -0.15) is 0 Å². The minimum atomic E-state index is 0.438. The highest BCUT2D eigenvalue weighted by molar-refractivity contribution is 5.32. The van der Waals surface area contributed by atoms with Crippen LogP contribution in [0, 0.1) is 6.92 Å². The Balaban J connectivity index is 2.74. The van der Waals surface area contributed by atoms with Crippen LogP contribution in [0.2, 0.25) is 0 Å². The molecule has 1 aromatic carbocycles. The van der Waals surface area contributed by atoms with Crippen LogP contribution in [0.15, 0.2) is 24.3 Å². The van der Waals surface area contributed by atoms with E-state index >= 15 is 0 Å². The van der Waals surface area contributed by atoms with Crippen LogP contribution < -0.4 is 9.47 Å². The van der Waals surface area contributed by atoms with Crippen molar-refractivity contribution in [3.05, 3.63) is 31.2 Å². The van der Waals surface area contributed by atoms with Crippen LogP contribution in [-0.4, -0.2) is 13.7 Å². The first kappa shape index (κ1) is 7.92. The van der Waals surface area contributed by atoms with Gasteiger partial charge >= 0.3 is 0 Å². The van der Waals surface area contributed by atoms with Crippen molar-refractivity contribution in [1.29, 1.82) is 0 Å². The van der Waals surface area contributed by atoms with E-state index in [2.05, 4.69) is 6.92 Å². The zero-order valence-electron chi connectivity index (χ0n) is 6.54.